The van der Waals surface area contributed by atoms with E-state index in [0.29, 0.717) is 12.8 Å². The number of aromatic nitrogens is 5. The van der Waals surface area contributed by atoms with Crippen LogP contribution in [0, 0.1) is 5.92 Å². The molecule has 1 aliphatic rings. The molecule has 0 radical (unpaired) electrons. The zero-order valence-electron chi connectivity index (χ0n) is 20.5. The Morgan fingerprint density at radius 1 is 1.15 bits per heavy atom. The number of hydrogen-bond donors (Lipinski definition) is 0. The molecule has 1 aliphatic carbocycles. The molecule has 0 aromatic carbocycles. The second kappa shape index (κ2) is 10.3. The smallest absolute Gasteiger partial charge is 0.264 e. The SMILES string of the molecule is C[Si](C)(C)CCOCn1ccc2c(-c3cnn([C@H]4CC[C@@H](COS(C)(=O)=O)CC4)c3)ncnc21. The lowest BCUT2D eigenvalue weighted by Crippen LogP contribution is -2.22. The Morgan fingerprint density at radius 3 is 2.62 bits per heavy atom. The van der Waals surface area contributed by atoms with Gasteiger partial charge < -0.3 is 9.30 Å². The molecule has 0 saturated heterocycles. The lowest BCUT2D eigenvalue weighted by Gasteiger charge is -2.28. The Kier molecular flexibility index (Phi) is 7.56. The molecule has 4 rings (SSSR count). The Morgan fingerprint density at radius 2 is 1.91 bits per heavy atom. The Balaban J connectivity index is 1.40. The normalized spacial score (nSPS) is 19.6. The summed E-state index contributed by atoms with van der Waals surface area (Å²) in [6.45, 7) is 8.56. The van der Waals surface area contributed by atoms with E-state index in [1.165, 1.54) is 0 Å². The third-order valence-electron chi connectivity index (χ3n) is 6.37. The number of nitrogens with zero attached hydrogens (tertiary/aromatic N) is 5. The molecule has 0 spiro atoms. The number of fused-ring (bicyclic) bond motifs is 1. The predicted molar refractivity (Wildman–Crippen MR) is 135 cm³/mol. The van der Waals surface area contributed by atoms with Gasteiger partial charge >= 0.3 is 0 Å². The summed E-state index contributed by atoms with van der Waals surface area (Å²) in [7, 11) is -4.50. The van der Waals surface area contributed by atoms with Crippen molar-refractivity contribution in [2.75, 3.05) is 19.5 Å². The highest BCUT2D eigenvalue weighted by Crippen LogP contribution is 2.34. The number of hydrogen-bond acceptors (Lipinski definition) is 7. The first-order valence-corrected chi connectivity index (χ1v) is 17.4. The Hall–Kier alpha value is -2.08. The van der Waals surface area contributed by atoms with Crippen molar-refractivity contribution >= 4 is 29.2 Å². The third kappa shape index (κ3) is 6.53. The van der Waals surface area contributed by atoms with E-state index in [4.69, 9.17) is 8.92 Å². The lowest BCUT2D eigenvalue weighted by atomic mass is 9.87. The van der Waals surface area contributed by atoms with Crippen molar-refractivity contribution in [3.05, 3.63) is 31.0 Å². The van der Waals surface area contributed by atoms with Crippen molar-refractivity contribution < 1.29 is 17.3 Å². The molecule has 9 nitrogen and oxygen atoms in total. The summed E-state index contributed by atoms with van der Waals surface area (Å²) in [5, 5.41) is 5.61. The van der Waals surface area contributed by atoms with Crippen LogP contribution in [0.25, 0.3) is 22.3 Å². The molecular weight excluding hydrogens is 470 g/mol. The van der Waals surface area contributed by atoms with Crippen LogP contribution in [0.15, 0.2) is 31.0 Å². The van der Waals surface area contributed by atoms with Crippen molar-refractivity contribution in [3.8, 4) is 11.3 Å². The van der Waals surface area contributed by atoms with E-state index < -0.39 is 18.2 Å². The lowest BCUT2D eigenvalue weighted by molar-refractivity contribution is 0.0899. The molecule has 1 fully saturated rings. The van der Waals surface area contributed by atoms with Crippen LogP contribution in [0.3, 0.4) is 0 Å². The van der Waals surface area contributed by atoms with Crippen LogP contribution in [0.4, 0.5) is 0 Å². The van der Waals surface area contributed by atoms with Crippen LogP contribution >= 0.6 is 0 Å². The minimum atomic E-state index is -3.38. The van der Waals surface area contributed by atoms with Crippen molar-refractivity contribution in [2.24, 2.45) is 5.92 Å². The maximum absolute atomic E-state index is 11.2. The van der Waals surface area contributed by atoms with Gasteiger partial charge in [0.2, 0.25) is 0 Å². The molecule has 34 heavy (non-hydrogen) atoms. The van der Waals surface area contributed by atoms with Gasteiger partial charge in [-0.05, 0) is 43.7 Å². The summed E-state index contributed by atoms with van der Waals surface area (Å²) in [6, 6.07) is 3.47. The summed E-state index contributed by atoms with van der Waals surface area (Å²) in [5.41, 5.74) is 2.69. The van der Waals surface area contributed by atoms with Gasteiger partial charge in [-0.1, -0.05) is 19.6 Å². The molecule has 0 N–H and O–H groups in total. The van der Waals surface area contributed by atoms with E-state index in [1.807, 2.05) is 27.7 Å². The maximum atomic E-state index is 11.2. The van der Waals surface area contributed by atoms with Gasteiger partial charge in [-0.15, -0.1) is 0 Å². The van der Waals surface area contributed by atoms with Gasteiger partial charge in [0.25, 0.3) is 10.1 Å². The molecule has 186 valence electrons. The highest BCUT2D eigenvalue weighted by atomic mass is 32.2. The largest absolute Gasteiger partial charge is 0.361 e. The molecule has 3 heterocycles. The quantitative estimate of drug-likeness (QED) is 0.230. The van der Waals surface area contributed by atoms with Crippen LogP contribution in [0.5, 0.6) is 0 Å². The molecule has 0 unspecified atom stereocenters. The minimum Gasteiger partial charge on any atom is -0.361 e. The van der Waals surface area contributed by atoms with Crippen molar-refractivity contribution in [1.29, 1.82) is 0 Å². The fourth-order valence-electron chi connectivity index (χ4n) is 4.34. The molecule has 11 heteroatoms. The highest BCUT2D eigenvalue weighted by molar-refractivity contribution is 7.85. The topological polar surface area (TPSA) is 101 Å². The van der Waals surface area contributed by atoms with E-state index in [-0.39, 0.29) is 12.5 Å². The molecule has 0 aliphatic heterocycles. The van der Waals surface area contributed by atoms with Crippen LogP contribution in [0.2, 0.25) is 25.7 Å². The first-order chi connectivity index (χ1) is 16.1. The summed E-state index contributed by atoms with van der Waals surface area (Å²) in [5.74, 6) is 0.273. The summed E-state index contributed by atoms with van der Waals surface area (Å²) in [6.07, 6.45) is 12.4. The molecule has 1 saturated carbocycles. The molecule has 3 aromatic heterocycles. The summed E-state index contributed by atoms with van der Waals surface area (Å²) in [4.78, 5) is 9.04. The van der Waals surface area contributed by atoms with Crippen LogP contribution in [-0.2, 0) is 25.8 Å². The first kappa shape index (κ1) is 25.0. The van der Waals surface area contributed by atoms with Gasteiger partial charge in [0.1, 0.15) is 18.7 Å². The zero-order valence-corrected chi connectivity index (χ0v) is 22.3. The van der Waals surface area contributed by atoms with E-state index >= 15 is 0 Å². The van der Waals surface area contributed by atoms with Gasteiger partial charge in [0.15, 0.2) is 0 Å². The third-order valence-corrected chi connectivity index (χ3v) is 8.63. The van der Waals surface area contributed by atoms with E-state index in [1.54, 1.807) is 6.33 Å². The van der Waals surface area contributed by atoms with Gasteiger partial charge in [-0.2, -0.15) is 13.5 Å². The second-order valence-corrected chi connectivity index (χ2v) is 17.7. The Labute approximate surface area is 202 Å². The zero-order chi connectivity index (χ0) is 24.3. The van der Waals surface area contributed by atoms with Gasteiger partial charge in [0.05, 0.1) is 30.8 Å². The van der Waals surface area contributed by atoms with Crippen molar-refractivity contribution in [3.63, 3.8) is 0 Å². The fraction of sp³-hybridized carbons (Fsp3) is 0.609. The number of ether oxygens (including phenoxy) is 1. The Bertz CT molecular complexity index is 1210. The van der Waals surface area contributed by atoms with Crippen molar-refractivity contribution in [2.45, 2.75) is 64.1 Å². The first-order valence-electron chi connectivity index (χ1n) is 11.9. The average molecular weight is 506 g/mol. The summed E-state index contributed by atoms with van der Waals surface area (Å²) >= 11 is 0. The molecule has 0 atom stereocenters. The minimum absolute atomic E-state index is 0.272. The molecule has 0 bridgehead atoms. The van der Waals surface area contributed by atoms with Gasteiger partial charge in [-0.3, -0.25) is 8.86 Å². The van der Waals surface area contributed by atoms with E-state index in [2.05, 4.69) is 40.9 Å². The van der Waals surface area contributed by atoms with E-state index in [0.717, 1.165) is 66.9 Å². The average Bonchev–Trinajstić information content (AvgIpc) is 3.42. The van der Waals surface area contributed by atoms with E-state index in [9.17, 15) is 8.42 Å². The molecular formula is C23H35N5O4SSi. The number of rotatable bonds is 10. The highest BCUT2D eigenvalue weighted by Gasteiger charge is 2.24. The van der Waals surface area contributed by atoms with Crippen LogP contribution in [0.1, 0.15) is 31.7 Å². The predicted octanol–water partition coefficient (Wildman–Crippen LogP) is 4.31. The van der Waals surface area contributed by atoms with Crippen LogP contribution in [-0.4, -0.2) is 60.3 Å². The molecule has 0 amide bonds. The maximum Gasteiger partial charge on any atom is 0.264 e. The fourth-order valence-corrected chi connectivity index (χ4v) is 5.53. The standard InChI is InChI=1S/C23H35N5O4SSi/c1-33(29,30)32-15-18-5-7-20(8-6-18)28-14-19(13-26-28)22-21-9-10-27(23(21)25-16-24-22)17-31-11-12-34(2,3)4/h9-10,13-14,16,18,20H,5-8,11-12,15,17H2,1-4H3/t18-,20+. The molecule has 3 aromatic rings. The van der Waals surface area contributed by atoms with Gasteiger partial charge in [-0.25, -0.2) is 9.97 Å². The monoisotopic (exact) mass is 505 g/mol. The second-order valence-electron chi connectivity index (χ2n) is 10.5. The van der Waals surface area contributed by atoms with Crippen LogP contribution < -0.4 is 0 Å². The summed E-state index contributed by atoms with van der Waals surface area (Å²) < 4.78 is 37.4. The van der Waals surface area contributed by atoms with Crippen molar-refractivity contribution in [1.82, 2.24) is 24.3 Å². The van der Waals surface area contributed by atoms with Gasteiger partial charge in [0, 0.05) is 38.0 Å².